The van der Waals surface area contributed by atoms with E-state index in [0.717, 1.165) is 38.6 Å². The van der Waals surface area contributed by atoms with Crippen LogP contribution in [0, 0.1) is 0 Å². The summed E-state index contributed by atoms with van der Waals surface area (Å²) < 4.78 is 0. The lowest BCUT2D eigenvalue weighted by atomic mass is 10.1. The molecule has 0 rings (SSSR count). The third-order valence-electron chi connectivity index (χ3n) is 5.22. The number of hydrogen-bond donors (Lipinski definition) is 0. The zero-order valence-electron chi connectivity index (χ0n) is 21.4. The quantitative estimate of drug-likeness (QED) is 0.144. The summed E-state index contributed by atoms with van der Waals surface area (Å²) >= 11 is 0. The fourth-order valence-corrected chi connectivity index (χ4v) is 3.17. The second-order valence-corrected chi connectivity index (χ2v) is 9.27. The first-order valence-electron chi connectivity index (χ1n) is 11.9. The lowest BCUT2D eigenvalue weighted by Gasteiger charge is -2.02. The molecule has 0 aliphatic rings. The molecule has 0 spiro atoms. The number of allylic oxidation sites excluding steroid dienone is 9. The summed E-state index contributed by atoms with van der Waals surface area (Å²) in [7, 11) is 0. The van der Waals surface area contributed by atoms with Crippen LogP contribution in [0.2, 0.25) is 0 Å². The lowest BCUT2D eigenvalue weighted by molar-refractivity contribution is 0.897. The van der Waals surface area contributed by atoms with Crippen molar-refractivity contribution < 1.29 is 0 Å². The number of hydrogen-bond acceptors (Lipinski definition) is 1. The monoisotopic (exact) mass is 411 g/mol. The van der Waals surface area contributed by atoms with Gasteiger partial charge in [-0.15, -0.1) is 0 Å². The van der Waals surface area contributed by atoms with Gasteiger partial charge in [0.1, 0.15) is 0 Å². The van der Waals surface area contributed by atoms with E-state index >= 15 is 0 Å². The van der Waals surface area contributed by atoms with Crippen LogP contribution in [0.25, 0.3) is 0 Å². The van der Waals surface area contributed by atoms with Crippen molar-refractivity contribution in [2.24, 2.45) is 4.99 Å². The molecule has 0 unspecified atom stereocenters. The van der Waals surface area contributed by atoms with Crippen molar-refractivity contribution in [3.05, 3.63) is 58.2 Å². The van der Waals surface area contributed by atoms with Gasteiger partial charge in [0, 0.05) is 12.3 Å². The van der Waals surface area contributed by atoms with Crippen LogP contribution >= 0.6 is 0 Å². The maximum atomic E-state index is 4.72. The molecule has 0 fully saturated rings. The Labute approximate surface area is 188 Å². The van der Waals surface area contributed by atoms with Gasteiger partial charge in [-0.1, -0.05) is 58.2 Å². The summed E-state index contributed by atoms with van der Waals surface area (Å²) in [5.74, 6) is 0. The number of unbranched alkanes of at least 4 members (excludes halogenated alkanes) is 1. The van der Waals surface area contributed by atoms with Gasteiger partial charge in [-0.2, -0.15) is 0 Å². The van der Waals surface area contributed by atoms with Gasteiger partial charge in [-0.05, 0) is 113 Å². The molecular formula is C29H49N. The molecule has 0 bridgehead atoms. The second kappa shape index (κ2) is 18.2. The minimum atomic E-state index is 0.928. The molecule has 0 aliphatic heterocycles. The van der Waals surface area contributed by atoms with E-state index in [-0.39, 0.29) is 0 Å². The molecule has 0 aliphatic carbocycles. The van der Waals surface area contributed by atoms with Crippen LogP contribution in [-0.4, -0.2) is 12.3 Å². The first-order chi connectivity index (χ1) is 14.2. The normalized spacial score (nSPS) is 13.5. The Hall–Kier alpha value is -1.63. The maximum Gasteiger partial charge on any atom is 0.0425 e. The molecule has 0 saturated heterocycles. The summed E-state index contributed by atoms with van der Waals surface area (Å²) in [5.41, 5.74) is 8.60. The van der Waals surface area contributed by atoms with Crippen molar-refractivity contribution in [1.82, 2.24) is 0 Å². The van der Waals surface area contributed by atoms with Crippen molar-refractivity contribution in [1.29, 1.82) is 0 Å². The maximum absolute atomic E-state index is 4.72. The lowest BCUT2D eigenvalue weighted by Crippen LogP contribution is -1.94. The standard InChI is InChI=1S/C29H49N/c1-24(2)14-11-18-27(6)20-13-19-26(5)16-9-10-17-28(7)22-23-30-29(8)21-12-15-25(3)4/h14-17,20H,9-13,18-19,21-23H2,1-8H3/b26-16+,27-20+,28-17+,30-29?. The Morgan fingerprint density at radius 2 is 0.867 bits per heavy atom. The Bertz CT molecular complexity index is 584. The van der Waals surface area contributed by atoms with Crippen molar-refractivity contribution in [3.63, 3.8) is 0 Å². The van der Waals surface area contributed by atoms with E-state index in [4.69, 9.17) is 4.99 Å². The van der Waals surface area contributed by atoms with Gasteiger partial charge < -0.3 is 0 Å². The minimum absolute atomic E-state index is 0.928. The fourth-order valence-electron chi connectivity index (χ4n) is 3.17. The summed E-state index contributed by atoms with van der Waals surface area (Å²) in [6, 6.07) is 0. The van der Waals surface area contributed by atoms with E-state index in [9.17, 15) is 0 Å². The average Bonchev–Trinajstić information content (AvgIpc) is 2.64. The van der Waals surface area contributed by atoms with Crippen LogP contribution in [0.1, 0.15) is 113 Å². The van der Waals surface area contributed by atoms with Crippen LogP contribution in [-0.2, 0) is 0 Å². The molecule has 170 valence electrons. The van der Waals surface area contributed by atoms with Crippen LogP contribution in [0.5, 0.6) is 0 Å². The molecule has 30 heavy (non-hydrogen) atoms. The molecule has 0 N–H and O–H groups in total. The molecule has 0 aromatic heterocycles. The molecule has 0 heterocycles. The molecule has 0 saturated carbocycles. The topological polar surface area (TPSA) is 12.4 Å². The van der Waals surface area contributed by atoms with Crippen molar-refractivity contribution >= 4 is 5.71 Å². The van der Waals surface area contributed by atoms with Gasteiger partial charge in [0.05, 0.1) is 0 Å². The fraction of sp³-hybridized carbons (Fsp3) is 0.621. The molecule has 0 aromatic rings. The minimum Gasteiger partial charge on any atom is -0.294 e. The van der Waals surface area contributed by atoms with Gasteiger partial charge in [-0.3, -0.25) is 4.99 Å². The molecule has 0 aromatic carbocycles. The van der Waals surface area contributed by atoms with E-state index in [1.807, 2.05) is 0 Å². The zero-order valence-corrected chi connectivity index (χ0v) is 21.4. The first-order valence-corrected chi connectivity index (χ1v) is 11.9. The first kappa shape index (κ1) is 28.4. The summed E-state index contributed by atoms with van der Waals surface area (Å²) in [5, 5.41) is 0. The van der Waals surface area contributed by atoms with E-state index < -0.39 is 0 Å². The van der Waals surface area contributed by atoms with Crippen molar-refractivity contribution in [3.8, 4) is 0 Å². The van der Waals surface area contributed by atoms with Gasteiger partial charge in [-0.25, -0.2) is 0 Å². The van der Waals surface area contributed by atoms with Crippen LogP contribution in [0.3, 0.4) is 0 Å². The van der Waals surface area contributed by atoms with Crippen molar-refractivity contribution in [2.75, 3.05) is 6.54 Å². The van der Waals surface area contributed by atoms with Gasteiger partial charge in [0.15, 0.2) is 0 Å². The Morgan fingerprint density at radius 1 is 0.467 bits per heavy atom. The van der Waals surface area contributed by atoms with Gasteiger partial charge >= 0.3 is 0 Å². The SMILES string of the molecule is CC(C)=CCCC(C)=NCC/C(C)=C/CC/C=C(\C)CC/C=C(\C)CCC=C(C)C. The predicted molar refractivity (Wildman–Crippen MR) is 140 cm³/mol. The molecular weight excluding hydrogens is 362 g/mol. The highest BCUT2D eigenvalue weighted by Crippen LogP contribution is 2.13. The molecule has 1 nitrogen and oxygen atoms in total. The molecule has 0 amide bonds. The summed E-state index contributed by atoms with van der Waals surface area (Å²) in [4.78, 5) is 4.72. The third-order valence-corrected chi connectivity index (χ3v) is 5.22. The van der Waals surface area contributed by atoms with Crippen LogP contribution in [0.15, 0.2) is 63.2 Å². The van der Waals surface area contributed by atoms with Gasteiger partial charge in [0.25, 0.3) is 0 Å². The van der Waals surface area contributed by atoms with E-state index in [1.54, 1.807) is 0 Å². The van der Waals surface area contributed by atoms with Crippen molar-refractivity contribution in [2.45, 2.75) is 113 Å². The largest absolute Gasteiger partial charge is 0.294 e. The van der Waals surface area contributed by atoms with E-state index in [1.165, 1.54) is 59.3 Å². The number of nitrogens with zero attached hydrogens (tertiary/aromatic N) is 1. The Balaban J connectivity index is 4.05. The Kier molecular flexibility index (Phi) is 17.2. The highest BCUT2D eigenvalue weighted by atomic mass is 14.7. The molecule has 0 radical (unpaired) electrons. The average molecular weight is 412 g/mol. The summed E-state index contributed by atoms with van der Waals surface area (Å²) in [6.07, 6.45) is 22.2. The number of aliphatic imine (C=N–C) groups is 1. The highest BCUT2D eigenvalue weighted by molar-refractivity contribution is 5.81. The summed E-state index contributed by atoms with van der Waals surface area (Å²) in [6.45, 7) is 18.5. The number of rotatable bonds is 15. The predicted octanol–water partition coefficient (Wildman–Crippen LogP) is 9.73. The third kappa shape index (κ3) is 19.7. The van der Waals surface area contributed by atoms with Crippen LogP contribution < -0.4 is 0 Å². The second-order valence-electron chi connectivity index (χ2n) is 9.27. The highest BCUT2D eigenvalue weighted by Gasteiger charge is 1.94. The Morgan fingerprint density at radius 3 is 1.37 bits per heavy atom. The van der Waals surface area contributed by atoms with E-state index in [0.29, 0.717) is 0 Å². The van der Waals surface area contributed by atoms with Gasteiger partial charge in [0.2, 0.25) is 0 Å². The smallest absolute Gasteiger partial charge is 0.0425 e. The zero-order chi connectivity index (χ0) is 22.8. The molecule has 1 heteroatoms. The molecule has 0 atom stereocenters. The van der Waals surface area contributed by atoms with Crippen LogP contribution in [0.4, 0.5) is 0 Å². The van der Waals surface area contributed by atoms with E-state index in [2.05, 4.69) is 85.8 Å².